The molecule has 1 amide bonds. The summed E-state index contributed by atoms with van der Waals surface area (Å²) in [5.41, 5.74) is 3.08. The van der Waals surface area contributed by atoms with Gasteiger partial charge in [-0.1, -0.05) is 26.0 Å². The summed E-state index contributed by atoms with van der Waals surface area (Å²) in [4.78, 5) is 12.2. The van der Waals surface area contributed by atoms with E-state index in [0.29, 0.717) is 6.42 Å². The van der Waals surface area contributed by atoms with Gasteiger partial charge < -0.3 is 15.7 Å². The Morgan fingerprint density at radius 2 is 1.91 bits per heavy atom. The lowest BCUT2D eigenvalue weighted by molar-refractivity contribution is -0.116. The second kappa shape index (κ2) is 9.04. The van der Waals surface area contributed by atoms with Crippen LogP contribution in [0.15, 0.2) is 18.2 Å². The van der Waals surface area contributed by atoms with Crippen LogP contribution in [-0.4, -0.2) is 30.2 Å². The second-order valence-electron chi connectivity index (χ2n) is 6.65. The molecular formula is C19H32N2O2. The van der Waals surface area contributed by atoms with Gasteiger partial charge in [-0.15, -0.1) is 0 Å². The zero-order valence-corrected chi connectivity index (χ0v) is 15.2. The number of aryl methyl sites for hydroxylation is 1. The Hall–Kier alpha value is -1.39. The van der Waals surface area contributed by atoms with Crippen molar-refractivity contribution in [2.45, 2.75) is 59.9 Å². The van der Waals surface area contributed by atoms with Crippen molar-refractivity contribution in [3.8, 4) is 0 Å². The van der Waals surface area contributed by atoms with Crippen molar-refractivity contribution in [1.29, 1.82) is 0 Å². The average molecular weight is 320 g/mol. The van der Waals surface area contributed by atoms with Gasteiger partial charge in [0.2, 0.25) is 5.91 Å². The van der Waals surface area contributed by atoms with Gasteiger partial charge in [0, 0.05) is 36.7 Å². The Morgan fingerprint density at radius 1 is 1.26 bits per heavy atom. The highest BCUT2D eigenvalue weighted by Crippen LogP contribution is 2.24. The molecule has 1 rings (SSSR count). The van der Waals surface area contributed by atoms with Crippen LogP contribution in [0.2, 0.25) is 0 Å². The molecule has 0 heterocycles. The predicted octanol–water partition coefficient (Wildman–Crippen LogP) is 3.41. The standard InChI is InChI=1S/C19H32N2O2/c1-6-19(7-2,13-22)12-20-15(4)11-18(23)21-17-10-8-9-14(3)16(17)5/h8-10,15,20,22H,6-7,11-13H2,1-5H3,(H,21,23). The van der Waals surface area contributed by atoms with Gasteiger partial charge >= 0.3 is 0 Å². The molecule has 0 fully saturated rings. The first-order chi connectivity index (χ1) is 10.9. The van der Waals surface area contributed by atoms with E-state index in [4.69, 9.17) is 0 Å². The summed E-state index contributed by atoms with van der Waals surface area (Å²) >= 11 is 0. The minimum absolute atomic E-state index is 0.0151. The average Bonchev–Trinajstić information content (AvgIpc) is 2.53. The van der Waals surface area contributed by atoms with E-state index in [2.05, 4.69) is 24.5 Å². The summed E-state index contributed by atoms with van der Waals surface area (Å²) in [6.45, 7) is 11.2. The number of benzene rings is 1. The van der Waals surface area contributed by atoms with Gasteiger partial charge in [0.05, 0.1) is 0 Å². The van der Waals surface area contributed by atoms with E-state index in [1.165, 1.54) is 5.56 Å². The molecule has 0 radical (unpaired) electrons. The van der Waals surface area contributed by atoms with Crippen LogP contribution in [0.5, 0.6) is 0 Å². The van der Waals surface area contributed by atoms with Crippen molar-refractivity contribution in [2.75, 3.05) is 18.5 Å². The fourth-order valence-electron chi connectivity index (χ4n) is 2.61. The van der Waals surface area contributed by atoms with Crippen LogP contribution < -0.4 is 10.6 Å². The zero-order chi connectivity index (χ0) is 17.5. The Bertz CT molecular complexity index is 502. The van der Waals surface area contributed by atoms with E-state index in [1.807, 2.05) is 39.0 Å². The molecule has 130 valence electrons. The van der Waals surface area contributed by atoms with Crippen molar-refractivity contribution in [3.63, 3.8) is 0 Å². The highest BCUT2D eigenvalue weighted by atomic mass is 16.3. The molecular weight excluding hydrogens is 288 g/mol. The first-order valence-corrected chi connectivity index (χ1v) is 8.57. The lowest BCUT2D eigenvalue weighted by atomic mass is 9.83. The van der Waals surface area contributed by atoms with Crippen LogP contribution in [0.4, 0.5) is 5.69 Å². The van der Waals surface area contributed by atoms with Crippen molar-refractivity contribution < 1.29 is 9.90 Å². The van der Waals surface area contributed by atoms with Crippen molar-refractivity contribution in [1.82, 2.24) is 5.32 Å². The first-order valence-electron chi connectivity index (χ1n) is 8.57. The maximum absolute atomic E-state index is 12.2. The lowest BCUT2D eigenvalue weighted by Gasteiger charge is -2.31. The molecule has 3 N–H and O–H groups in total. The minimum atomic E-state index is -0.0854. The van der Waals surface area contributed by atoms with Gasteiger partial charge in [-0.3, -0.25) is 4.79 Å². The maximum atomic E-state index is 12.2. The molecule has 0 saturated heterocycles. The quantitative estimate of drug-likeness (QED) is 0.653. The molecule has 0 spiro atoms. The summed E-state index contributed by atoms with van der Waals surface area (Å²) in [6.07, 6.45) is 2.27. The fourth-order valence-corrected chi connectivity index (χ4v) is 2.61. The Kier molecular flexibility index (Phi) is 7.73. The summed E-state index contributed by atoms with van der Waals surface area (Å²) in [5, 5.41) is 16.0. The molecule has 0 bridgehead atoms. The normalized spacial score (nSPS) is 13.0. The van der Waals surface area contributed by atoms with E-state index in [0.717, 1.165) is 30.6 Å². The number of hydrogen-bond donors (Lipinski definition) is 3. The molecule has 0 aromatic heterocycles. The number of aliphatic hydroxyl groups excluding tert-OH is 1. The molecule has 0 aliphatic rings. The summed E-state index contributed by atoms with van der Waals surface area (Å²) < 4.78 is 0. The van der Waals surface area contributed by atoms with Crippen molar-refractivity contribution >= 4 is 11.6 Å². The minimum Gasteiger partial charge on any atom is -0.396 e. The van der Waals surface area contributed by atoms with E-state index in [1.54, 1.807) is 0 Å². The van der Waals surface area contributed by atoms with Gasteiger partial charge in [-0.2, -0.15) is 0 Å². The number of carbonyl (C=O) groups is 1. The molecule has 1 aromatic carbocycles. The molecule has 4 heteroatoms. The largest absolute Gasteiger partial charge is 0.396 e. The van der Waals surface area contributed by atoms with Crippen LogP contribution in [0.3, 0.4) is 0 Å². The Labute approximate surface area is 140 Å². The van der Waals surface area contributed by atoms with E-state index in [-0.39, 0.29) is 24.0 Å². The summed E-state index contributed by atoms with van der Waals surface area (Å²) in [6, 6.07) is 6.00. The van der Waals surface area contributed by atoms with Crippen LogP contribution in [-0.2, 0) is 4.79 Å². The first kappa shape index (κ1) is 19.7. The van der Waals surface area contributed by atoms with Crippen LogP contribution in [0, 0.1) is 19.3 Å². The molecule has 0 saturated carbocycles. The maximum Gasteiger partial charge on any atom is 0.225 e. The molecule has 1 atom stereocenters. The van der Waals surface area contributed by atoms with Crippen LogP contribution in [0.25, 0.3) is 0 Å². The smallest absolute Gasteiger partial charge is 0.225 e. The number of carbonyl (C=O) groups excluding carboxylic acids is 1. The second-order valence-corrected chi connectivity index (χ2v) is 6.65. The molecule has 1 unspecified atom stereocenters. The number of amides is 1. The highest BCUT2D eigenvalue weighted by molar-refractivity contribution is 5.92. The van der Waals surface area contributed by atoms with Gasteiger partial charge in [-0.05, 0) is 50.8 Å². The van der Waals surface area contributed by atoms with E-state index in [9.17, 15) is 9.90 Å². The number of nitrogens with one attached hydrogen (secondary N) is 2. The monoisotopic (exact) mass is 320 g/mol. The van der Waals surface area contributed by atoms with Crippen LogP contribution in [0.1, 0.15) is 51.2 Å². The van der Waals surface area contributed by atoms with Crippen molar-refractivity contribution in [2.24, 2.45) is 5.41 Å². The third-order valence-corrected chi connectivity index (χ3v) is 5.03. The number of anilines is 1. The molecule has 4 nitrogen and oxygen atoms in total. The van der Waals surface area contributed by atoms with Gasteiger partial charge in [0.1, 0.15) is 0 Å². The van der Waals surface area contributed by atoms with Crippen LogP contribution >= 0.6 is 0 Å². The number of aliphatic hydroxyl groups is 1. The van der Waals surface area contributed by atoms with E-state index < -0.39 is 0 Å². The predicted molar refractivity (Wildman–Crippen MR) is 96.7 cm³/mol. The number of hydrogen-bond acceptors (Lipinski definition) is 3. The zero-order valence-electron chi connectivity index (χ0n) is 15.2. The molecule has 1 aromatic rings. The molecule has 0 aliphatic heterocycles. The van der Waals surface area contributed by atoms with E-state index >= 15 is 0 Å². The number of rotatable bonds is 9. The molecule has 23 heavy (non-hydrogen) atoms. The fraction of sp³-hybridized carbons (Fsp3) is 0.632. The molecule has 0 aliphatic carbocycles. The summed E-state index contributed by atoms with van der Waals surface area (Å²) in [7, 11) is 0. The van der Waals surface area contributed by atoms with Gasteiger partial charge in [-0.25, -0.2) is 0 Å². The third-order valence-electron chi connectivity index (χ3n) is 5.03. The SMILES string of the molecule is CCC(CC)(CO)CNC(C)CC(=O)Nc1cccc(C)c1C. The Morgan fingerprint density at radius 3 is 2.48 bits per heavy atom. The Balaban J connectivity index is 2.52. The third kappa shape index (κ3) is 5.63. The highest BCUT2D eigenvalue weighted by Gasteiger charge is 2.25. The van der Waals surface area contributed by atoms with Crippen molar-refractivity contribution in [3.05, 3.63) is 29.3 Å². The summed E-state index contributed by atoms with van der Waals surface area (Å²) in [5.74, 6) is 0.0151. The van der Waals surface area contributed by atoms with Gasteiger partial charge in [0.25, 0.3) is 0 Å². The van der Waals surface area contributed by atoms with Gasteiger partial charge in [0.15, 0.2) is 0 Å². The lowest BCUT2D eigenvalue weighted by Crippen LogP contribution is -2.41. The topological polar surface area (TPSA) is 61.4 Å².